The lowest BCUT2D eigenvalue weighted by atomic mass is 10.2. The van der Waals surface area contributed by atoms with Crippen molar-refractivity contribution in [3.05, 3.63) is 35.9 Å². The zero-order valence-corrected chi connectivity index (χ0v) is 10.7. The SMILES string of the molecule is CS(=O)(=O)CCCC(=O)NCc1ccccc1. The van der Waals surface area contributed by atoms with Gasteiger partial charge in [0.2, 0.25) is 5.91 Å². The monoisotopic (exact) mass is 255 g/mol. The fraction of sp³-hybridized carbons (Fsp3) is 0.417. The normalized spacial score (nSPS) is 11.1. The van der Waals surface area contributed by atoms with Crippen molar-refractivity contribution in [1.29, 1.82) is 0 Å². The van der Waals surface area contributed by atoms with Crippen LogP contribution in [0.15, 0.2) is 30.3 Å². The Bertz CT molecular complexity index is 454. The highest BCUT2D eigenvalue weighted by Crippen LogP contribution is 1.99. The van der Waals surface area contributed by atoms with Crippen molar-refractivity contribution < 1.29 is 13.2 Å². The summed E-state index contributed by atoms with van der Waals surface area (Å²) >= 11 is 0. The molecular weight excluding hydrogens is 238 g/mol. The molecule has 1 N–H and O–H groups in total. The van der Waals surface area contributed by atoms with Crippen LogP contribution in [0.5, 0.6) is 0 Å². The fourth-order valence-electron chi connectivity index (χ4n) is 1.38. The second-order valence-corrected chi connectivity index (χ2v) is 6.26. The number of hydrogen-bond donors (Lipinski definition) is 1. The van der Waals surface area contributed by atoms with Crippen molar-refractivity contribution in [2.75, 3.05) is 12.0 Å². The molecule has 1 aromatic rings. The molecule has 0 radical (unpaired) electrons. The van der Waals surface area contributed by atoms with Gasteiger partial charge in [-0.2, -0.15) is 0 Å². The summed E-state index contributed by atoms with van der Waals surface area (Å²) in [5, 5.41) is 2.75. The van der Waals surface area contributed by atoms with E-state index >= 15 is 0 Å². The van der Waals surface area contributed by atoms with E-state index in [9.17, 15) is 13.2 Å². The minimum Gasteiger partial charge on any atom is -0.352 e. The van der Waals surface area contributed by atoms with Gasteiger partial charge in [0.1, 0.15) is 9.84 Å². The molecular formula is C12H17NO3S. The molecule has 0 atom stereocenters. The summed E-state index contributed by atoms with van der Waals surface area (Å²) in [6, 6.07) is 9.58. The van der Waals surface area contributed by atoms with Crippen LogP contribution < -0.4 is 5.32 Å². The topological polar surface area (TPSA) is 63.2 Å². The maximum Gasteiger partial charge on any atom is 0.220 e. The number of benzene rings is 1. The molecule has 0 unspecified atom stereocenters. The molecule has 1 amide bonds. The first-order chi connectivity index (χ1) is 7.97. The van der Waals surface area contributed by atoms with E-state index in [-0.39, 0.29) is 18.1 Å². The van der Waals surface area contributed by atoms with Crippen molar-refractivity contribution >= 4 is 15.7 Å². The second kappa shape index (κ2) is 6.39. The van der Waals surface area contributed by atoms with Crippen LogP contribution in [0, 0.1) is 0 Å². The third-order valence-corrected chi connectivity index (χ3v) is 3.28. The minimum atomic E-state index is -2.97. The molecule has 17 heavy (non-hydrogen) atoms. The standard InChI is InChI=1S/C12H17NO3S/c1-17(15,16)9-5-8-12(14)13-10-11-6-3-2-4-7-11/h2-4,6-7H,5,8-10H2,1H3,(H,13,14). The van der Waals surface area contributed by atoms with Crippen LogP contribution in [0.3, 0.4) is 0 Å². The molecule has 0 bridgehead atoms. The summed E-state index contributed by atoms with van der Waals surface area (Å²) in [6.07, 6.45) is 1.80. The second-order valence-electron chi connectivity index (χ2n) is 4.00. The summed E-state index contributed by atoms with van der Waals surface area (Å²) in [6.45, 7) is 0.485. The molecule has 0 aromatic heterocycles. The Hall–Kier alpha value is -1.36. The number of sulfone groups is 1. The number of carbonyl (C=O) groups is 1. The molecule has 5 heteroatoms. The van der Waals surface area contributed by atoms with Gasteiger partial charge in [0, 0.05) is 19.2 Å². The van der Waals surface area contributed by atoms with Crippen LogP contribution in [-0.4, -0.2) is 26.3 Å². The van der Waals surface area contributed by atoms with Crippen LogP contribution in [0.1, 0.15) is 18.4 Å². The lowest BCUT2D eigenvalue weighted by Crippen LogP contribution is -2.23. The van der Waals surface area contributed by atoms with Crippen molar-refractivity contribution in [1.82, 2.24) is 5.32 Å². The van der Waals surface area contributed by atoms with E-state index in [1.54, 1.807) is 0 Å². The maximum absolute atomic E-state index is 11.4. The Morgan fingerprint density at radius 3 is 2.47 bits per heavy atom. The molecule has 0 aliphatic carbocycles. The first kappa shape index (κ1) is 13.7. The first-order valence-corrected chi connectivity index (χ1v) is 7.52. The number of nitrogens with one attached hydrogen (secondary N) is 1. The molecule has 0 fully saturated rings. The molecule has 0 saturated carbocycles. The molecule has 0 aliphatic rings. The smallest absolute Gasteiger partial charge is 0.220 e. The van der Waals surface area contributed by atoms with E-state index < -0.39 is 9.84 Å². The maximum atomic E-state index is 11.4. The van der Waals surface area contributed by atoms with Crippen LogP contribution in [0.4, 0.5) is 0 Å². The lowest BCUT2D eigenvalue weighted by molar-refractivity contribution is -0.121. The Kier molecular flexibility index (Phi) is 5.15. The number of hydrogen-bond acceptors (Lipinski definition) is 3. The van der Waals surface area contributed by atoms with Gasteiger partial charge in [-0.05, 0) is 12.0 Å². The third kappa shape index (κ3) is 6.73. The molecule has 4 nitrogen and oxygen atoms in total. The van der Waals surface area contributed by atoms with E-state index in [0.29, 0.717) is 13.0 Å². The fourth-order valence-corrected chi connectivity index (χ4v) is 2.05. The highest BCUT2D eigenvalue weighted by atomic mass is 32.2. The van der Waals surface area contributed by atoms with Gasteiger partial charge in [-0.1, -0.05) is 30.3 Å². The summed E-state index contributed by atoms with van der Waals surface area (Å²) in [5.74, 6) is -0.0522. The minimum absolute atomic E-state index is 0.0613. The molecule has 0 aliphatic heterocycles. The van der Waals surface area contributed by atoms with Gasteiger partial charge in [-0.25, -0.2) is 8.42 Å². The third-order valence-electron chi connectivity index (χ3n) is 2.25. The summed E-state index contributed by atoms with van der Waals surface area (Å²) < 4.78 is 21.7. The number of carbonyl (C=O) groups excluding carboxylic acids is 1. The largest absolute Gasteiger partial charge is 0.352 e. The van der Waals surface area contributed by atoms with E-state index in [2.05, 4.69) is 5.32 Å². The van der Waals surface area contributed by atoms with Crippen molar-refractivity contribution in [3.8, 4) is 0 Å². The highest BCUT2D eigenvalue weighted by Gasteiger charge is 2.05. The van der Waals surface area contributed by atoms with E-state index in [1.165, 1.54) is 6.26 Å². The Balaban J connectivity index is 2.22. The first-order valence-electron chi connectivity index (χ1n) is 5.46. The summed E-state index contributed by atoms with van der Waals surface area (Å²) in [4.78, 5) is 11.4. The molecule has 1 aromatic carbocycles. The van der Waals surface area contributed by atoms with Gasteiger partial charge in [0.25, 0.3) is 0 Å². The Morgan fingerprint density at radius 1 is 1.24 bits per heavy atom. The predicted octanol–water partition coefficient (Wildman–Crippen LogP) is 1.13. The van der Waals surface area contributed by atoms with Gasteiger partial charge in [0.15, 0.2) is 0 Å². The Labute approximate surface area is 102 Å². The van der Waals surface area contributed by atoms with Gasteiger partial charge < -0.3 is 5.32 Å². The molecule has 0 heterocycles. The van der Waals surface area contributed by atoms with Crippen LogP contribution in [0.25, 0.3) is 0 Å². The molecule has 0 saturated heterocycles. The number of rotatable bonds is 6. The zero-order valence-electron chi connectivity index (χ0n) is 9.85. The highest BCUT2D eigenvalue weighted by molar-refractivity contribution is 7.90. The van der Waals surface area contributed by atoms with Crippen LogP contribution >= 0.6 is 0 Å². The van der Waals surface area contributed by atoms with Gasteiger partial charge in [0.05, 0.1) is 5.75 Å². The molecule has 0 spiro atoms. The lowest BCUT2D eigenvalue weighted by Gasteiger charge is -2.04. The average molecular weight is 255 g/mol. The van der Waals surface area contributed by atoms with Gasteiger partial charge >= 0.3 is 0 Å². The van der Waals surface area contributed by atoms with Crippen molar-refractivity contribution in [2.45, 2.75) is 19.4 Å². The van der Waals surface area contributed by atoms with E-state index in [1.807, 2.05) is 30.3 Å². The van der Waals surface area contributed by atoms with Crippen LogP contribution in [0.2, 0.25) is 0 Å². The number of amides is 1. The Morgan fingerprint density at radius 2 is 1.88 bits per heavy atom. The van der Waals surface area contributed by atoms with Crippen molar-refractivity contribution in [2.24, 2.45) is 0 Å². The predicted molar refractivity (Wildman–Crippen MR) is 67.2 cm³/mol. The van der Waals surface area contributed by atoms with E-state index in [0.717, 1.165) is 5.56 Å². The van der Waals surface area contributed by atoms with Crippen LogP contribution in [-0.2, 0) is 21.2 Å². The summed E-state index contributed by atoms with van der Waals surface area (Å²) in [5.41, 5.74) is 1.03. The van der Waals surface area contributed by atoms with Crippen molar-refractivity contribution in [3.63, 3.8) is 0 Å². The summed E-state index contributed by atoms with van der Waals surface area (Å²) in [7, 11) is -2.97. The zero-order chi connectivity index (χ0) is 12.7. The van der Waals surface area contributed by atoms with Gasteiger partial charge in [-0.3, -0.25) is 4.79 Å². The average Bonchev–Trinajstić information content (AvgIpc) is 2.26. The van der Waals surface area contributed by atoms with Gasteiger partial charge in [-0.15, -0.1) is 0 Å². The quantitative estimate of drug-likeness (QED) is 0.828. The van der Waals surface area contributed by atoms with E-state index in [4.69, 9.17) is 0 Å². The molecule has 94 valence electrons. The molecule has 1 rings (SSSR count).